The number of hydrogen-bond donors (Lipinski definition) is 1. The van der Waals surface area contributed by atoms with Crippen molar-refractivity contribution in [1.29, 1.82) is 0 Å². The summed E-state index contributed by atoms with van der Waals surface area (Å²) in [6.07, 6.45) is 2.63. The summed E-state index contributed by atoms with van der Waals surface area (Å²) in [7, 11) is 0. The van der Waals surface area contributed by atoms with Crippen LogP contribution in [0.3, 0.4) is 0 Å². The lowest BCUT2D eigenvalue weighted by molar-refractivity contribution is -0.138. The Bertz CT molecular complexity index is 895. The van der Waals surface area contributed by atoms with Crippen molar-refractivity contribution in [2.75, 3.05) is 32.8 Å². The summed E-state index contributed by atoms with van der Waals surface area (Å²) in [4.78, 5) is 43.8. The van der Waals surface area contributed by atoms with Crippen LogP contribution in [0.2, 0.25) is 0 Å². The number of nitrogens with one attached hydrogen (secondary N) is 1. The Morgan fingerprint density at radius 1 is 1.09 bits per heavy atom. The number of carbonyl (C=O) groups excluding carboxylic acids is 3. The molecular formula is C24H33FN4O3. The molecule has 0 aromatic heterocycles. The largest absolute Gasteiger partial charge is 0.340 e. The van der Waals surface area contributed by atoms with Crippen LogP contribution in [0.25, 0.3) is 0 Å². The summed E-state index contributed by atoms with van der Waals surface area (Å²) in [5.74, 6) is -0.0532. The molecule has 4 amide bonds. The standard InChI is InChI=1S/C24H33FN4O3/c1-17-13-23(2,3)15-24(14-17)21(31)29(22(32)26-24)16-27-8-10-28(11-9-27)20(30)12-18-4-6-19(25)7-5-18/h4-7,17H,8-16H2,1-3H3,(H,26,32). The number of urea groups is 1. The molecule has 1 aromatic carbocycles. The van der Waals surface area contributed by atoms with E-state index in [9.17, 15) is 18.8 Å². The number of imide groups is 1. The minimum atomic E-state index is -0.787. The molecule has 7 nitrogen and oxygen atoms in total. The van der Waals surface area contributed by atoms with Crippen LogP contribution in [0.4, 0.5) is 9.18 Å². The summed E-state index contributed by atoms with van der Waals surface area (Å²) in [5.41, 5.74) is 0.00583. The number of nitrogens with zero attached hydrogens (tertiary/aromatic N) is 3. The Kier molecular flexibility index (Phi) is 6.00. The monoisotopic (exact) mass is 444 g/mol. The molecule has 1 N–H and O–H groups in total. The average molecular weight is 445 g/mol. The van der Waals surface area contributed by atoms with Gasteiger partial charge in [-0.05, 0) is 48.3 Å². The van der Waals surface area contributed by atoms with Gasteiger partial charge in [-0.1, -0.05) is 32.9 Å². The van der Waals surface area contributed by atoms with Crippen LogP contribution in [0.15, 0.2) is 24.3 Å². The third-order valence-electron chi connectivity index (χ3n) is 6.96. The number of rotatable bonds is 4. The molecule has 3 fully saturated rings. The van der Waals surface area contributed by atoms with Crippen molar-refractivity contribution in [3.05, 3.63) is 35.6 Å². The lowest BCUT2D eigenvalue weighted by Gasteiger charge is -2.44. The van der Waals surface area contributed by atoms with Gasteiger partial charge in [-0.3, -0.25) is 14.5 Å². The van der Waals surface area contributed by atoms with E-state index in [1.165, 1.54) is 17.0 Å². The maximum atomic E-state index is 13.3. The molecule has 2 unspecified atom stereocenters. The van der Waals surface area contributed by atoms with E-state index in [2.05, 4.69) is 31.0 Å². The highest BCUT2D eigenvalue weighted by Crippen LogP contribution is 2.46. The smallest absolute Gasteiger partial charge is 0.326 e. The number of halogens is 1. The number of carbonyl (C=O) groups is 3. The van der Waals surface area contributed by atoms with Gasteiger partial charge in [-0.2, -0.15) is 0 Å². The van der Waals surface area contributed by atoms with E-state index in [0.717, 1.165) is 12.0 Å². The normalized spacial score (nSPS) is 28.3. The molecular weight excluding hydrogens is 411 g/mol. The number of hydrogen-bond acceptors (Lipinski definition) is 4. The number of amides is 4. The van der Waals surface area contributed by atoms with Crippen molar-refractivity contribution in [1.82, 2.24) is 20.0 Å². The van der Waals surface area contributed by atoms with E-state index >= 15 is 0 Å². The quantitative estimate of drug-likeness (QED) is 0.725. The first-order valence-electron chi connectivity index (χ1n) is 11.5. The second-order valence-electron chi connectivity index (χ2n) is 10.5. The van der Waals surface area contributed by atoms with E-state index in [-0.39, 0.29) is 42.2 Å². The molecule has 0 bridgehead atoms. The zero-order valence-electron chi connectivity index (χ0n) is 19.2. The highest BCUT2D eigenvalue weighted by atomic mass is 19.1. The summed E-state index contributed by atoms with van der Waals surface area (Å²) in [5, 5.41) is 3.02. The molecule has 4 rings (SSSR count). The third-order valence-corrected chi connectivity index (χ3v) is 6.96. The topological polar surface area (TPSA) is 73.0 Å². The predicted octanol–water partition coefficient (Wildman–Crippen LogP) is 2.61. The molecule has 0 radical (unpaired) electrons. The van der Waals surface area contributed by atoms with Gasteiger partial charge in [0.25, 0.3) is 5.91 Å². The van der Waals surface area contributed by atoms with Crippen LogP contribution in [0, 0.1) is 17.2 Å². The van der Waals surface area contributed by atoms with Gasteiger partial charge in [0, 0.05) is 26.2 Å². The van der Waals surface area contributed by atoms with Gasteiger partial charge in [0.05, 0.1) is 13.1 Å². The molecule has 1 aromatic rings. The second-order valence-corrected chi connectivity index (χ2v) is 10.5. The van der Waals surface area contributed by atoms with Gasteiger partial charge in [0.1, 0.15) is 11.4 Å². The van der Waals surface area contributed by atoms with Gasteiger partial charge in [-0.25, -0.2) is 14.1 Å². The fourth-order valence-electron chi connectivity index (χ4n) is 5.86. The third kappa shape index (κ3) is 4.65. The Labute approximate surface area is 188 Å². The van der Waals surface area contributed by atoms with Crippen molar-refractivity contribution in [2.24, 2.45) is 11.3 Å². The molecule has 8 heteroatoms. The van der Waals surface area contributed by atoms with Crippen molar-refractivity contribution < 1.29 is 18.8 Å². The highest BCUT2D eigenvalue weighted by Gasteiger charge is 2.56. The Hall–Kier alpha value is -2.48. The maximum absolute atomic E-state index is 13.3. The minimum Gasteiger partial charge on any atom is -0.340 e. The Morgan fingerprint density at radius 3 is 2.38 bits per heavy atom. The first kappa shape index (κ1) is 22.7. The SMILES string of the molecule is CC1CC(C)(C)CC2(C1)NC(=O)N(CN1CCN(C(=O)Cc3ccc(F)cc3)CC1)C2=O. The van der Waals surface area contributed by atoms with Gasteiger partial charge in [0.15, 0.2) is 0 Å². The van der Waals surface area contributed by atoms with Crippen LogP contribution >= 0.6 is 0 Å². The molecule has 3 aliphatic rings. The van der Waals surface area contributed by atoms with Gasteiger partial charge >= 0.3 is 6.03 Å². The van der Waals surface area contributed by atoms with Crippen molar-refractivity contribution >= 4 is 17.8 Å². The fourth-order valence-corrected chi connectivity index (χ4v) is 5.86. The van der Waals surface area contributed by atoms with Crippen molar-refractivity contribution in [3.63, 3.8) is 0 Å². The Balaban J connectivity index is 1.32. The second kappa shape index (κ2) is 8.46. The van der Waals surface area contributed by atoms with Crippen molar-refractivity contribution in [3.8, 4) is 0 Å². The lowest BCUT2D eigenvalue weighted by atomic mass is 9.64. The van der Waals surface area contributed by atoms with E-state index in [1.54, 1.807) is 17.0 Å². The first-order valence-corrected chi connectivity index (χ1v) is 11.5. The molecule has 2 heterocycles. The summed E-state index contributed by atoms with van der Waals surface area (Å²) < 4.78 is 13.1. The molecule has 174 valence electrons. The van der Waals surface area contributed by atoms with Crippen LogP contribution in [-0.4, -0.2) is 70.9 Å². The molecule has 1 saturated carbocycles. The van der Waals surface area contributed by atoms with Crippen LogP contribution in [-0.2, 0) is 16.0 Å². The zero-order valence-corrected chi connectivity index (χ0v) is 19.2. The number of benzene rings is 1. The maximum Gasteiger partial charge on any atom is 0.326 e. The highest BCUT2D eigenvalue weighted by molar-refractivity contribution is 6.07. The van der Waals surface area contributed by atoms with Crippen LogP contribution in [0.1, 0.15) is 45.6 Å². The van der Waals surface area contributed by atoms with Gasteiger partial charge < -0.3 is 10.2 Å². The zero-order chi connectivity index (χ0) is 23.1. The molecule has 1 aliphatic carbocycles. The van der Waals surface area contributed by atoms with Gasteiger partial charge in [-0.15, -0.1) is 0 Å². The summed E-state index contributed by atoms with van der Waals surface area (Å²) >= 11 is 0. The lowest BCUT2D eigenvalue weighted by Crippen LogP contribution is -2.55. The minimum absolute atomic E-state index is 0.00336. The first-order chi connectivity index (χ1) is 15.1. The molecule has 2 aliphatic heterocycles. The molecule has 2 atom stereocenters. The van der Waals surface area contributed by atoms with E-state index in [4.69, 9.17) is 0 Å². The van der Waals surface area contributed by atoms with Crippen molar-refractivity contribution in [2.45, 2.75) is 52.0 Å². The fraction of sp³-hybridized carbons (Fsp3) is 0.625. The van der Waals surface area contributed by atoms with Crippen LogP contribution < -0.4 is 5.32 Å². The van der Waals surface area contributed by atoms with E-state index in [1.807, 2.05) is 0 Å². The Morgan fingerprint density at radius 2 is 1.75 bits per heavy atom. The van der Waals surface area contributed by atoms with E-state index < -0.39 is 5.54 Å². The van der Waals surface area contributed by atoms with Crippen LogP contribution in [0.5, 0.6) is 0 Å². The average Bonchev–Trinajstić information content (AvgIpc) is 2.92. The number of piperazine rings is 1. The molecule has 2 saturated heterocycles. The summed E-state index contributed by atoms with van der Waals surface area (Å²) in [6, 6.07) is 5.67. The molecule has 1 spiro atoms. The van der Waals surface area contributed by atoms with Gasteiger partial charge in [0.2, 0.25) is 5.91 Å². The molecule has 32 heavy (non-hydrogen) atoms. The predicted molar refractivity (Wildman–Crippen MR) is 118 cm³/mol. The van der Waals surface area contributed by atoms with E-state index in [0.29, 0.717) is 44.9 Å². The summed E-state index contributed by atoms with van der Waals surface area (Å²) in [6.45, 7) is 9.00.